The monoisotopic (exact) mass is 476 g/mol. The van der Waals surface area contributed by atoms with Gasteiger partial charge in [-0.05, 0) is 66.4 Å². The zero-order chi connectivity index (χ0) is 24.3. The van der Waals surface area contributed by atoms with Gasteiger partial charge in [0.05, 0.1) is 29.5 Å². The van der Waals surface area contributed by atoms with Gasteiger partial charge in [0.1, 0.15) is 18.1 Å². The van der Waals surface area contributed by atoms with Crippen molar-refractivity contribution in [2.45, 2.75) is 33.3 Å². The minimum absolute atomic E-state index is 0.361. The maximum Gasteiger partial charge on any atom is 0.330 e. The summed E-state index contributed by atoms with van der Waals surface area (Å²) in [6.45, 7) is 4.71. The number of benzene rings is 2. The van der Waals surface area contributed by atoms with Crippen LogP contribution in [0.1, 0.15) is 42.0 Å². The van der Waals surface area contributed by atoms with Crippen LogP contribution in [0.4, 0.5) is 0 Å². The highest BCUT2D eigenvalue weighted by Gasteiger charge is 2.09. The molecule has 3 rings (SSSR count). The lowest BCUT2D eigenvalue weighted by molar-refractivity contribution is -0.137. The van der Waals surface area contributed by atoms with E-state index >= 15 is 0 Å². The van der Waals surface area contributed by atoms with Crippen LogP contribution in [0.25, 0.3) is 6.08 Å². The number of nitriles is 1. The van der Waals surface area contributed by atoms with Crippen LogP contribution in [-0.4, -0.2) is 17.6 Å². The number of aromatic nitrogens is 1. The van der Waals surface area contributed by atoms with E-state index in [2.05, 4.69) is 11.1 Å². The summed E-state index contributed by atoms with van der Waals surface area (Å²) in [6.07, 6.45) is 6.46. The number of hydrogen-bond donors (Lipinski definition) is 0. The fourth-order valence-corrected chi connectivity index (χ4v) is 3.13. The van der Waals surface area contributed by atoms with E-state index in [0.717, 1.165) is 29.5 Å². The lowest BCUT2D eigenvalue weighted by Crippen LogP contribution is -2.01. The number of esters is 1. The molecule has 0 aliphatic heterocycles. The smallest absolute Gasteiger partial charge is 0.330 e. The Kier molecular flexibility index (Phi) is 9.07. The number of nitrogens with zero attached hydrogens (tertiary/aromatic N) is 2. The maximum atomic E-state index is 11.8. The van der Waals surface area contributed by atoms with E-state index in [1.54, 1.807) is 48.7 Å². The van der Waals surface area contributed by atoms with Crippen LogP contribution in [-0.2, 0) is 16.1 Å². The van der Waals surface area contributed by atoms with Gasteiger partial charge in [-0.1, -0.05) is 37.1 Å². The minimum Gasteiger partial charge on any atom is -0.487 e. The van der Waals surface area contributed by atoms with E-state index < -0.39 is 0 Å². The Morgan fingerprint density at radius 2 is 1.97 bits per heavy atom. The van der Waals surface area contributed by atoms with Gasteiger partial charge in [-0.15, -0.1) is 0 Å². The number of unbranched alkanes of at least 4 members (excludes halogenated alkanes) is 1. The van der Waals surface area contributed by atoms with Crippen LogP contribution in [0.2, 0.25) is 5.02 Å². The van der Waals surface area contributed by atoms with Crippen molar-refractivity contribution in [2.24, 2.45) is 0 Å². The Bertz CT molecular complexity index is 1180. The molecular formula is C27H25ClN2O4. The molecular weight excluding hydrogens is 452 g/mol. The molecule has 2 aromatic carbocycles. The van der Waals surface area contributed by atoms with Gasteiger partial charge in [0.25, 0.3) is 0 Å². The molecule has 0 amide bonds. The average molecular weight is 477 g/mol. The van der Waals surface area contributed by atoms with E-state index in [0.29, 0.717) is 41.2 Å². The molecule has 0 fully saturated rings. The second kappa shape index (κ2) is 12.4. The highest BCUT2D eigenvalue weighted by Crippen LogP contribution is 2.32. The van der Waals surface area contributed by atoms with Gasteiger partial charge in [0, 0.05) is 12.1 Å². The molecule has 1 aromatic heterocycles. The van der Waals surface area contributed by atoms with Crippen LogP contribution in [0, 0.1) is 18.3 Å². The summed E-state index contributed by atoms with van der Waals surface area (Å²) in [5.74, 6) is 1.04. The van der Waals surface area contributed by atoms with Crippen molar-refractivity contribution >= 4 is 23.6 Å². The third-order valence-corrected chi connectivity index (χ3v) is 5.17. The number of carbonyl (C=O) groups is 1. The molecule has 0 aliphatic rings. The summed E-state index contributed by atoms with van der Waals surface area (Å²) in [7, 11) is 0. The first-order chi connectivity index (χ1) is 16.5. The van der Waals surface area contributed by atoms with Crippen LogP contribution in [0.5, 0.6) is 17.4 Å². The first kappa shape index (κ1) is 24.8. The molecule has 0 spiro atoms. The zero-order valence-corrected chi connectivity index (χ0v) is 19.8. The average Bonchev–Trinajstić information content (AvgIpc) is 2.85. The van der Waals surface area contributed by atoms with Crippen LogP contribution in [0.3, 0.4) is 0 Å². The molecule has 0 radical (unpaired) electrons. The Morgan fingerprint density at radius 1 is 1.18 bits per heavy atom. The minimum atomic E-state index is -0.380. The highest BCUT2D eigenvalue weighted by atomic mass is 35.5. The van der Waals surface area contributed by atoms with Gasteiger partial charge in [0.15, 0.2) is 0 Å². The highest BCUT2D eigenvalue weighted by molar-refractivity contribution is 6.32. The zero-order valence-electron chi connectivity index (χ0n) is 19.1. The van der Waals surface area contributed by atoms with Crippen molar-refractivity contribution in [2.75, 3.05) is 6.61 Å². The number of hydrogen-bond acceptors (Lipinski definition) is 6. The second-order valence-electron chi connectivity index (χ2n) is 7.53. The summed E-state index contributed by atoms with van der Waals surface area (Å²) < 4.78 is 16.7. The van der Waals surface area contributed by atoms with Crippen molar-refractivity contribution in [3.63, 3.8) is 0 Å². The molecule has 174 valence electrons. The van der Waals surface area contributed by atoms with Crippen LogP contribution in [0.15, 0.2) is 60.8 Å². The largest absolute Gasteiger partial charge is 0.487 e. The summed E-state index contributed by atoms with van der Waals surface area (Å²) in [5.41, 5.74) is 3.24. The number of rotatable bonds is 10. The van der Waals surface area contributed by atoms with E-state index in [1.807, 2.05) is 26.0 Å². The number of halogens is 1. The van der Waals surface area contributed by atoms with Gasteiger partial charge in [-0.25, -0.2) is 9.78 Å². The van der Waals surface area contributed by atoms with Crippen molar-refractivity contribution in [1.29, 1.82) is 5.26 Å². The molecule has 0 N–H and O–H groups in total. The normalized spacial score (nSPS) is 10.6. The van der Waals surface area contributed by atoms with Crippen molar-refractivity contribution in [3.05, 3.63) is 88.1 Å². The third-order valence-electron chi connectivity index (χ3n) is 4.87. The van der Waals surface area contributed by atoms with Crippen molar-refractivity contribution in [1.82, 2.24) is 4.98 Å². The predicted octanol–water partition coefficient (Wildman–Crippen LogP) is 6.64. The van der Waals surface area contributed by atoms with Crippen molar-refractivity contribution < 1.29 is 19.0 Å². The summed E-state index contributed by atoms with van der Waals surface area (Å²) >= 11 is 6.39. The molecule has 0 unspecified atom stereocenters. The SMILES string of the molecule is CCCCOC(=O)C=Cc1cc(Cl)c(Oc2ccc(OCc3ccc(C#N)cc3)cn2)cc1C. The lowest BCUT2D eigenvalue weighted by Gasteiger charge is -2.11. The third kappa shape index (κ3) is 7.36. The molecule has 0 aliphatic carbocycles. The fraction of sp³-hybridized carbons (Fsp3) is 0.222. The van der Waals surface area contributed by atoms with E-state index in [1.165, 1.54) is 6.08 Å². The van der Waals surface area contributed by atoms with Crippen molar-refractivity contribution in [3.8, 4) is 23.4 Å². The van der Waals surface area contributed by atoms with E-state index in [-0.39, 0.29) is 5.97 Å². The lowest BCUT2D eigenvalue weighted by atomic mass is 10.1. The Hall–Kier alpha value is -3.82. The standard InChI is InChI=1S/C27H25ClN2O4/c1-3-4-13-32-27(31)12-9-22-15-24(28)25(14-19(22)2)34-26-11-10-23(17-30-26)33-18-21-7-5-20(16-29)6-8-21/h5-12,14-15,17H,3-4,13,18H2,1-2H3. The summed E-state index contributed by atoms with van der Waals surface area (Å²) in [4.78, 5) is 16.1. The number of ether oxygens (including phenoxy) is 3. The Labute approximate surface area is 204 Å². The molecule has 6 nitrogen and oxygen atoms in total. The predicted molar refractivity (Wildman–Crippen MR) is 131 cm³/mol. The number of pyridine rings is 1. The molecule has 7 heteroatoms. The molecule has 0 saturated carbocycles. The van der Waals surface area contributed by atoms with E-state index in [4.69, 9.17) is 31.1 Å². The van der Waals surface area contributed by atoms with Gasteiger partial charge in [-0.2, -0.15) is 5.26 Å². The quantitative estimate of drug-likeness (QED) is 0.185. The van der Waals surface area contributed by atoms with E-state index in [9.17, 15) is 4.79 Å². The molecule has 34 heavy (non-hydrogen) atoms. The molecule has 0 atom stereocenters. The number of aryl methyl sites for hydroxylation is 1. The first-order valence-electron chi connectivity index (χ1n) is 10.9. The maximum absolute atomic E-state index is 11.8. The van der Waals surface area contributed by atoms with Gasteiger partial charge in [0.2, 0.25) is 5.88 Å². The molecule has 3 aromatic rings. The molecule has 0 saturated heterocycles. The number of carbonyl (C=O) groups excluding carboxylic acids is 1. The molecule has 0 bridgehead atoms. The first-order valence-corrected chi connectivity index (χ1v) is 11.3. The topological polar surface area (TPSA) is 81.4 Å². The fourth-order valence-electron chi connectivity index (χ4n) is 2.92. The van der Waals surface area contributed by atoms with Gasteiger partial charge >= 0.3 is 5.97 Å². The van der Waals surface area contributed by atoms with Gasteiger partial charge in [-0.3, -0.25) is 0 Å². The molecule has 1 heterocycles. The summed E-state index contributed by atoms with van der Waals surface area (Å²) in [5, 5.41) is 9.26. The Morgan fingerprint density at radius 3 is 2.65 bits per heavy atom. The summed E-state index contributed by atoms with van der Waals surface area (Å²) in [6, 6.07) is 16.3. The van der Waals surface area contributed by atoms with Gasteiger partial charge < -0.3 is 14.2 Å². The Balaban J connectivity index is 1.58. The van der Waals surface area contributed by atoms with Crippen LogP contribution < -0.4 is 9.47 Å². The second-order valence-corrected chi connectivity index (χ2v) is 7.93. The van der Waals surface area contributed by atoms with Crippen LogP contribution >= 0.6 is 11.6 Å².